The standard InChI is InChI=1S/C11H8N2S/c1-2-9(10-4-6-14-13-10)7-11-8(1)3-5-12-11/h1-7,12H. The molecular formula is C11H8N2S. The van der Waals surface area contributed by atoms with Crippen LogP contribution in [0.3, 0.4) is 0 Å². The molecule has 1 aromatic carbocycles. The number of nitrogens with zero attached hydrogens (tertiary/aromatic N) is 1. The quantitative estimate of drug-likeness (QED) is 0.641. The molecule has 0 aliphatic heterocycles. The van der Waals surface area contributed by atoms with E-state index in [2.05, 4.69) is 33.6 Å². The average Bonchev–Trinajstić information content (AvgIpc) is 2.88. The average molecular weight is 200 g/mol. The number of benzene rings is 1. The molecule has 0 spiro atoms. The minimum absolute atomic E-state index is 1.05. The number of nitrogens with one attached hydrogen (secondary N) is 1. The predicted molar refractivity (Wildman–Crippen MR) is 59.4 cm³/mol. The molecule has 0 saturated heterocycles. The normalized spacial score (nSPS) is 10.9. The lowest BCUT2D eigenvalue weighted by molar-refractivity contribution is 1.47. The van der Waals surface area contributed by atoms with Crippen molar-refractivity contribution in [1.82, 2.24) is 9.36 Å². The van der Waals surface area contributed by atoms with Crippen LogP contribution < -0.4 is 0 Å². The van der Waals surface area contributed by atoms with Gasteiger partial charge in [-0.1, -0.05) is 12.1 Å². The van der Waals surface area contributed by atoms with Gasteiger partial charge in [-0.3, -0.25) is 0 Å². The molecule has 1 N–H and O–H groups in total. The Balaban J connectivity index is 2.23. The van der Waals surface area contributed by atoms with Crippen molar-refractivity contribution in [3.8, 4) is 11.3 Å². The monoisotopic (exact) mass is 200 g/mol. The Morgan fingerprint density at radius 1 is 1.14 bits per heavy atom. The fraction of sp³-hybridized carbons (Fsp3) is 0. The molecule has 0 amide bonds. The Kier molecular flexibility index (Phi) is 1.64. The minimum atomic E-state index is 1.05. The molecule has 0 unspecified atom stereocenters. The first kappa shape index (κ1) is 7.76. The van der Waals surface area contributed by atoms with Gasteiger partial charge in [-0.2, -0.15) is 4.37 Å². The van der Waals surface area contributed by atoms with Crippen molar-refractivity contribution >= 4 is 22.4 Å². The highest BCUT2D eigenvalue weighted by atomic mass is 32.1. The van der Waals surface area contributed by atoms with Crippen molar-refractivity contribution in [3.05, 3.63) is 41.9 Å². The van der Waals surface area contributed by atoms with Gasteiger partial charge in [0.05, 0.1) is 5.69 Å². The first-order valence-corrected chi connectivity index (χ1v) is 5.25. The highest BCUT2D eigenvalue weighted by Crippen LogP contribution is 2.22. The van der Waals surface area contributed by atoms with Crippen molar-refractivity contribution in [2.45, 2.75) is 0 Å². The molecule has 0 aliphatic rings. The second-order valence-electron chi connectivity index (χ2n) is 3.16. The number of fused-ring (bicyclic) bond motifs is 1. The molecule has 0 saturated carbocycles. The fourth-order valence-corrected chi connectivity index (χ4v) is 2.10. The van der Waals surface area contributed by atoms with E-state index in [-0.39, 0.29) is 0 Å². The van der Waals surface area contributed by atoms with Gasteiger partial charge in [0.15, 0.2) is 0 Å². The van der Waals surface area contributed by atoms with E-state index in [1.54, 1.807) is 0 Å². The summed E-state index contributed by atoms with van der Waals surface area (Å²) in [6, 6.07) is 10.4. The fourth-order valence-electron chi connectivity index (χ4n) is 1.57. The molecular weight excluding hydrogens is 192 g/mol. The maximum absolute atomic E-state index is 4.31. The number of aromatic amines is 1. The molecule has 68 valence electrons. The van der Waals surface area contributed by atoms with Crippen molar-refractivity contribution in [2.24, 2.45) is 0 Å². The first-order chi connectivity index (χ1) is 6.93. The van der Waals surface area contributed by atoms with E-state index in [1.807, 2.05) is 17.6 Å². The molecule has 0 atom stereocenters. The molecule has 0 radical (unpaired) electrons. The van der Waals surface area contributed by atoms with Crippen LogP contribution in [0.4, 0.5) is 0 Å². The molecule has 0 fully saturated rings. The Morgan fingerprint density at radius 2 is 2.14 bits per heavy atom. The highest BCUT2D eigenvalue weighted by molar-refractivity contribution is 7.03. The lowest BCUT2D eigenvalue weighted by Gasteiger charge is -1.96. The summed E-state index contributed by atoms with van der Waals surface area (Å²) in [5.41, 5.74) is 3.38. The number of aromatic nitrogens is 2. The molecule has 3 rings (SSSR count). The van der Waals surface area contributed by atoms with Gasteiger partial charge in [0.25, 0.3) is 0 Å². The Hall–Kier alpha value is -1.61. The number of hydrogen-bond acceptors (Lipinski definition) is 2. The van der Waals surface area contributed by atoms with E-state index in [4.69, 9.17) is 0 Å². The highest BCUT2D eigenvalue weighted by Gasteiger charge is 2.01. The van der Waals surface area contributed by atoms with E-state index in [1.165, 1.54) is 22.5 Å². The van der Waals surface area contributed by atoms with E-state index >= 15 is 0 Å². The van der Waals surface area contributed by atoms with Crippen molar-refractivity contribution in [2.75, 3.05) is 0 Å². The van der Waals surface area contributed by atoms with E-state index in [0.717, 1.165) is 11.2 Å². The third-order valence-corrected chi connectivity index (χ3v) is 2.85. The number of hydrogen-bond donors (Lipinski definition) is 1. The first-order valence-electron chi connectivity index (χ1n) is 4.41. The summed E-state index contributed by atoms with van der Waals surface area (Å²) in [5.74, 6) is 0. The third-order valence-electron chi connectivity index (χ3n) is 2.29. The van der Waals surface area contributed by atoms with E-state index in [0.29, 0.717) is 0 Å². The van der Waals surface area contributed by atoms with Gasteiger partial charge < -0.3 is 4.98 Å². The zero-order chi connectivity index (χ0) is 9.38. The van der Waals surface area contributed by atoms with Gasteiger partial charge in [-0.25, -0.2) is 0 Å². The van der Waals surface area contributed by atoms with Crippen molar-refractivity contribution < 1.29 is 0 Å². The minimum Gasteiger partial charge on any atom is -0.361 e. The molecule has 0 aliphatic carbocycles. The zero-order valence-electron chi connectivity index (χ0n) is 7.40. The molecule has 2 nitrogen and oxygen atoms in total. The topological polar surface area (TPSA) is 28.7 Å². The van der Waals surface area contributed by atoms with Crippen LogP contribution in [-0.2, 0) is 0 Å². The molecule has 0 bridgehead atoms. The number of rotatable bonds is 1. The summed E-state index contributed by atoms with van der Waals surface area (Å²) in [7, 11) is 0. The molecule has 14 heavy (non-hydrogen) atoms. The molecule has 2 heterocycles. The van der Waals surface area contributed by atoms with Gasteiger partial charge in [-0.05, 0) is 35.1 Å². The van der Waals surface area contributed by atoms with Gasteiger partial charge >= 0.3 is 0 Å². The molecule has 3 aromatic rings. The molecule has 3 heteroatoms. The Morgan fingerprint density at radius 3 is 3.00 bits per heavy atom. The van der Waals surface area contributed by atoms with Crippen molar-refractivity contribution in [3.63, 3.8) is 0 Å². The van der Waals surface area contributed by atoms with Crippen LogP contribution in [0.25, 0.3) is 22.2 Å². The Labute approximate surface area is 85.4 Å². The van der Waals surface area contributed by atoms with Crippen LogP contribution in [0.1, 0.15) is 0 Å². The van der Waals surface area contributed by atoms with Gasteiger partial charge in [0.1, 0.15) is 0 Å². The summed E-state index contributed by atoms with van der Waals surface area (Å²) < 4.78 is 4.31. The van der Waals surface area contributed by atoms with E-state index < -0.39 is 0 Å². The van der Waals surface area contributed by atoms with Crippen LogP contribution in [-0.4, -0.2) is 9.36 Å². The van der Waals surface area contributed by atoms with Gasteiger partial charge in [0, 0.05) is 22.7 Å². The Bertz CT molecular complexity index is 551. The van der Waals surface area contributed by atoms with Gasteiger partial charge in [-0.15, -0.1) is 0 Å². The lowest BCUT2D eigenvalue weighted by atomic mass is 10.1. The third kappa shape index (κ3) is 1.14. The summed E-state index contributed by atoms with van der Waals surface area (Å²) in [4.78, 5) is 3.20. The lowest BCUT2D eigenvalue weighted by Crippen LogP contribution is -1.76. The maximum Gasteiger partial charge on any atom is 0.0841 e. The van der Waals surface area contributed by atoms with Crippen LogP contribution in [0.5, 0.6) is 0 Å². The molecule has 2 aromatic heterocycles. The predicted octanol–water partition coefficient (Wildman–Crippen LogP) is 3.29. The SMILES string of the molecule is c1cc2ccc(-c3ccsn3)cc2[nH]1. The second kappa shape index (κ2) is 2.96. The van der Waals surface area contributed by atoms with Gasteiger partial charge in [0.2, 0.25) is 0 Å². The summed E-state index contributed by atoms with van der Waals surface area (Å²) in [6.07, 6.45) is 1.95. The van der Waals surface area contributed by atoms with E-state index in [9.17, 15) is 0 Å². The van der Waals surface area contributed by atoms with Crippen molar-refractivity contribution in [1.29, 1.82) is 0 Å². The second-order valence-corrected chi connectivity index (χ2v) is 3.83. The maximum atomic E-state index is 4.31. The van der Waals surface area contributed by atoms with Crippen LogP contribution >= 0.6 is 11.5 Å². The van der Waals surface area contributed by atoms with Crippen LogP contribution in [0.2, 0.25) is 0 Å². The summed E-state index contributed by atoms with van der Waals surface area (Å²) in [5, 5.41) is 3.23. The summed E-state index contributed by atoms with van der Waals surface area (Å²) in [6.45, 7) is 0. The summed E-state index contributed by atoms with van der Waals surface area (Å²) >= 11 is 1.48. The largest absolute Gasteiger partial charge is 0.361 e. The zero-order valence-corrected chi connectivity index (χ0v) is 8.21. The van der Waals surface area contributed by atoms with Crippen LogP contribution in [0, 0.1) is 0 Å². The smallest absolute Gasteiger partial charge is 0.0841 e. The number of H-pyrrole nitrogens is 1. The van der Waals surface area contributed by atoms with Crippen LogP contribution in [0.15, 0.2) is 41.9 Å².